The van der Waals surface area contributed by atoms with Crippen LogP contribution >= 0.6 is 0 Å². The Morgan fingerprint density at radius 3 is 2.78 bits per heavy atom. The Morgan fingerprint density at radius 1 is 1.39 bits per heavy atom. The molecule has 1 saturated heterocycles. The maximum absolute atomic E-state index is 13.5. The Labute approximate surface area is 109 Å². The summed E-state index contributed by atoms with van der Waals surface area (Å²) in [5.74, 6) is -0.133. The van der Waals surface area contributed by atoms with Crippen LogP contribution in [0.1, 0.15) is 43.9 Å². The molecular formula is C15H22FNO. The zero-order valence-corrected chi connectivity index (χ0v) is 11.4. The molecule has 1 aromatic carbocycles. The van der Waals surface area contributed by atoms with Crippen molar-refractivity contribution >= 4 is 0 Å². The zero-order valence-electron chi connectivity index (χ0n) is 11.4. The van der Waals surface area contributed by atoms with Crippen LogP contribution in [0.5, 0.6) is 0 Å². The average molecular weight is 251 g/mol. The summed E-state index contributed by atoms with van der Waals surface area (Å²) in [5, 5.41) is 3.49. The zero-order chi connectivity index (χ0) is 13.1. The molecule has 1 aliphatic heterocycles. The van der Waals surface area contributed by atoms with Crippen LogP contribution in [-0.4, -0.2) is 18.8 Å². The minimum atomic E-state index is -0.133. The second-order valence-electron chi connectivity index (χ2n) is 5.24. The Bertz CT molecular complexity index is 401. The quantitative estimate of drug-likeness (QED) is 0.886. The van der Waals surface area contributed by atoms with Crippen LogP contribution in [0.15, 0.2) is 18.2 Å². The topological polar surface area (TPSA) is 21.3 Å². The minimum Gasteiger partial charge on any atom is -0.377 e. The van der Waals surface area contributed by atoms with Gasteiger partial charge in [-0.2, -0.15) is 0 Å². The molecule has 2 nitrogen and oxygen atoms in total. The van der Waals surface area contributed by atoms with E-state index in [4.69, 9.17) is 4.74 Å². The number of hydrogen-bond acceptors (Lipinski definition) is 2. The van der Waals surface area contributed by atoms with Gasteiger partial charge in [0, 0.05) is 18.7 Å². The molecule has 0 amide bonds. The maximum Gasteiger partial charge on any atom is 0.126 e. The monoisotopic (exact) mass is 251 g/mol. The SMILES string of the molecule is Cc1ccc(C(C)NC(C)C2CCCO2)cc1F. The van der Waals surface area contributed by atoms with Crippen molar-refractivity contribution in [3.8, 4) is 0 Å². The van der Waals surface area contributed by atoms with Gasteiger partial charge in [-0.3, -0.25) is 0 Å². The lowest BCUT2D eigenvalue weighted by atomic mass is 10.0. The highest BCUT2D eigenvalue weighted by molar-refractivity contribution is 5.25. The van der Waals surface area contributed by atoms with Crippen LogP contribution in [-0.2, 0) is 4.74 Å². The minimum absolute atomic E-state index is 0.133. The third-order valence-corrected chi connectivity index (χ3v) is 3.73. The Morgan fingerprint density at radius 2 is 2.17 bits per heavy atom. The molecule has 1 N–H and O–H groups in total. The van der Waals surface area contributed by atoms with Gasteiger partial charge in [0.15, 0.2) is 0 Å². The Balaban J connectivity index is 1.97. The van der Waals surface area contributed by atoms with E-state index in [0.29, 0.717) is 17.7 Å². The summed E-state index contributed by atoms with van der Waals surface area (Å²) in [5.41, 5.74) is 1.68. The molecule has 0 aliphatic carbocycles. The molecule has 1 fully saturated rings. The molecule has 3 heteroatoms. The van der Waals surface area contributed by atoms with Crippen LogP contribution in [0.25, 0.3) is 0 Å². The first kappa shape index (κ1) is 13.5. The Hall–Kier alpha value is -0.930. The van der Waals surface area contributed by atoms with E-state index in [1.54, 1.807) is 13.0 Å². The van der Waals surface area contributed by atoms with Gasteiger partial charge in [-0.15, -0.1) is 0 Å². The second-order valence-corrected chi connectivity index (χ2v) is 5.24. The van der Waals surface area contributed by atoms with E-state index in [9.17, 15) is 4.39 Å². The molecule has 0 radical (unpaired) electrons. The predicted octanol–water partition coefficient (Wildman–Crippen LogP) is 3.35. The molecule has 3 atom stereocenters. The van der Waals surface area contributed by atoms with Crippen molar-refractivity contribution in [2.45, 2.75) is 51.8 Å². The number of hydrogen-bond donors (Lipinski definition) is 1. The van der Waals surface area contributed by atoms with Crippen LogP contribution in [0.2, 0.25) is 0 Å². The van der Waals surface area contributed by atoms with Gasteiger partial charge in [0.25, 0.3) is 0 Å². The van der Waals surface area contributed by atoms with Crippen LogP contribution < -0.4 is 5.32 Å². The Kier molecular flexibility index (Phi) is 4.36. The highest BCUT2D eigenvalue weighted by atomic mass is 19.1. The molecular weight excluding hydrogens is 229 g/mol. The fraction of sp³-hybridized carbons (Fsp3) is 0.600. The molecule has 1 heterocycles. The molecule has 0 spiro atoms. The van der Waals surface area contributed by atoms with Crippen molar-refractivity contribution in [1.29, 1.82) is 0 Å². The summed E-state index contributed by atoms with van der Waals surface area (Å²) in [6.45, 7) is 6.85. The molecule has 3 unspecified atom stereocenters. The molecule has 18 heavy (non-hydrogen) atoms. The summed E-state index contributed by atoms with van der Waals surface area (Å²) >= 11 is 0. The van der Waals surface area contributed by atoms with Crippen molar-refractivity contribution in [3.05, 3.63) is 35.1 Å². The van der Waals surface area contributed by atoms with Crippen LogP contribution in [0.3, 0.4) is 0 Å². The van der Waals surface area contributed by atoms with E-state index in [1.807, 2.05) is 12.1 Å². The van der Waals surface area contributed by atoms with E-state index in [0.717, 1.165) is 25.0 Å². The van der Waals surface area contributed by atoms with E-state index in [2.05, 4.69) is 19.2 Å². The lowest BCUT2D eigenvalue weighted by Gasteiger charge is -2.24. The van der Waals surface area contributed by atoms with E-state index < -0.39 is 0 Å². The highest BCUT2D eigenvalue weighted by Crippen LogP contribution is 2.20. The van der Waals surface area contributed by atoms with Gasteiger partial charge >= 0.3 is 0 Å². The fourth-order valence-electron chi connectivity index (χ4n) is 2.47. The van der Waals surface area contributed by atoms with Gasteiger partial charge in [-0.1, -0.05) is 12.1 Å². The molecule has 1 aliphatic rings. The number of benzene rings is 1. The second kappa shape index (κ2) is 5.81. The van der Waals surface area contributed by atoms with Gasteiger partial charge in [-0.25, -0.2) is 4.39 Å². The summed E-state index contributed by atoms with van der Waals surface area (Å²) in [6.07, 6.45) is 2.55. The molecule has 0 bridgehead atoms. The first-order valence-electron chi connectivity index (χ1n) is 6.71. The van der Waals surface area contributed by atoms with E-state index >= 15 is 0 Å². The van der Waals surface area contributed by atoms with Crippen molar-refractivity contribution in [1.82, 2.24) is 5.32 Å². The van der Waals surface area contributed by atoms with Gasteiger partial charge in [-0.05, 0) is 50.8 Å². The van der Waals surface area contributed by atoms with Crippen molar-refractivity contribution in [2.75, 3.05) is 6.61 Å². The van der Waals surface area contributed by atoms with Crippen molar-refractivity contribution < 1.29 is 9.13 Å². The summed E-state index contributed by atoms with van der Waals surface area (Å²) in [6, 6.07) is 5.87. The van der Waals surface area contributed by atoms with Gasteiger partial charge in [0.1, 0.15) is 5.82 Å². The van der Waals surface area contributed by atoms with Gasteiger partial charge < -0.3 is 10.1 Å². The standard InChI is InChI=1S/C15H22FNO/c1-10-6-7-13(9-14(10)16)11(2)17-12(3)15-5-4-8-18-15/h6-7,9,11-12,15,17H,4-5,8H2,1-3H3. The van der Waals surface area contributed by atoms with E-state index in [1.165, 1.54) is 0 Å². The van der Waals surface area contributed by atoms with Crippen molar-refractivity contribution in [2.24, 2.45) is 0 Å². The summed E-state index contributed by atoms with van der Waals surface area (Å²) in [4.78, 5) is 0. The first-order chi connectivity index (χ1) is 8.58. The maximum atomic E-state index is 13.5. The van der Waals surface area contributed by atoms with Crippen molar-refractivity contribution in [3.63, 3.8) is 0 Å². The first-order valence-corrected chi connectivity index (χ1v) is 6.71. The third-order valence-electron chi connectivity index (χ3n) is 3.73. The summed E-state index contributed by atoms with van der Waals surface area (Å²) in [7, 11) is 0. The van der Waals surface area contributed by atoms with Crippen LogP contribution in [0, 0.1) is 12.7 Å². The number of ether oxygens (including phenoxy) is 1. The molecule has 100 valence electrons. The largest absolute Gasteiger partial charge is 0.377 e. The highest BCUT2D eigenvalue weighted by Gasteiger charge is 2.23. The smallest absolute Gasteiger partial charge is 0.126 e. The van der Waals surface area contributed by atoms with E-state index in [-0.39, 0.29) is 11.9 Å². The number of rotatable bonds is 4. The van der Waals surface area contributed by atoms with Crippen LogP contribution in [0.4, 0.5) is 4.39 Å². The predicted molar refractivity (Wildman–Crippen MR) is 71.1 cm³/mol. The molecule has 2 rings (SSSR count). The lowest BCUT2D eigenvalue weighted by molar-refractivity contribution is 0.0804. The van der Waals surface area contributed by atoms with Gasteiger partial charge in [0.05, 0.1) is 6.10 Å². The molecule has 0 aromatic heterocycles. The summed E-state index contributed by atoms with van der Waals surface area (Å²) < 4.78 is 19.2. The lowest BCUT2D eigenvalue weighted by Crippen LogP contribution is -2.38. The average Bonchev–Trinajstić information content (AvgIpc) is 2.86. The third kappa shape index (κ3) is 3.09. The molecule has 0 saturated carbocycles. The molecule has 1 aromatic rings. The number of aryl methyl sites for hydroxylation is 1. The fourth-order valence-corrected chi connectivity index (χ4v) is 2.47. The van der Waals surface area contributed by atoms with Gasteiger partial charge in [0.2, 0.25) is 0 Å². The number of halogens is 1. The normalized spacial score (nSPS) is 23.0. The number of nitrogens with one attached hydrogen (secondary N) is 1.